The molecule has 220 valence electrons. The first-order valence-corrected chi connectivity index (χ1v) is 15.3. The van der Waals surface area contributed by atoms with E-state index in [2.05, 4.69) is 30.4 Å². The van der Waals surface area contributed by atoms with Gasteiger partial charge in [-0.15, -0.1) is 0 Å². The van der Waals surface area contributed by atoms with Crippen LogP contribution >= 0.6 is 0 Å². The van der Waals surface area contributed by atoms with Crippen LogP contribution in [0.5, 0.6) is 0 Å². The van der Waals surface area contributed by atoms with Crippen molar-refractivity contribution in [3.63, 3.8) is 0 Å². The zero-order chi connectivity index (χ0) is 31.0. The Morgan fingerprint density at radius 2 is 1.04 bits per heavy atom. The zero-order valence-electron chi connectivity index (χ0n) is 24.8. The number of para-hydroxylation sites is 4. The first-order chi connectivity index (χ1) is 22.7. The molecule has 1 atom stereocenters. The lowest BCUT2D eigenvalue weighted by atomic mass is 9.89. The van der Waals surface area contributed by atoms with Crippen molar-refractivity contribution in [2.75, 3.05) is 0 Å². The van der Waals surface area contributed by atoms with E-state index in [1.54, 1.807) is 9.13 Å². The van der Waals surface area contributed by atoms with Gasteiger partial charge < -0.3 is 0 Å². The topological polar surface area (TPSA) is 69.8 Å². The Balaban J connectivity index is 1.14. The molecule has 0 amide bonds. The monoisotopic (exact) mass is 596 g/mol. The number of hydrogen-bond donors (Lipinski definition) is 0. The third-order valence-corrected chi connectivity index (χ3v) is 8.54. The normalized spacial score (nSPS) is 14.4. The van der Waals surface area contributed by atoms with E-state index >= 15 is 0 Å². The Morgan fingerprint density at radius 3 is 1.59 bits per heavy atom. The molecule has 46 heavy (non-hydrogen) atoms. The molecule has 6 heteroatoms. The standard InChI is InChI=1S/C40H28N4O2/c45-39-33-15-7-9-17-35(33)41-37(43(39)31-11-3-1-4-12-31)29-23-19-27(20-24-29)28-21-25-30(26-22-28)38-42-36-18-10-8-16-34(36)40(46)44(38)32-13-5-2-6-14-32/h1-21,23-26,28H,22H2. The summed E-state index contributed by atoms with van der Waals surface area (Å²) in [5, 5.41) is 1.17. The summed E-state index contributed by atoms with van der Waals surface area (Å²) in [7, 11) is 0. The van der Waals surface area contributed by atoms with Gasteiger partial charge in [-0.25, -0.2) is 9.97 Å². The van der Waals surface area contributed by atoms with Crippen molar-refractivity contribution in [2.24, 2.45) is 0 Å². The molecule has 0 radical (unpaired) electrons. The van der Waals surface area contributed by atoms with Crippen molar-refractivity contribution in [2.45, 2.75) is 12.3 Å². The van der Waals surface area contributed by atoms with E-state index in [1.807, 2.05) is 121 Å². The predicted molar refractivity (Wildman–Crippen MR) is 185 cm³/mol. The Kier molecular flexibility index (Phi) is 6.80. The van der Waals surface area contributed by atoms with Gasteiger partial charge in [0.05, 0.1) is 33.2 Å². The molecular formula is C40H28N4O2. The van der Waals surface area contributed by atoms with E-state index in [1.165, 1.54) is 0 Å². The summed E-state index contributed by atoms with van der Waals surface area (Å²) in [5.74, 6) is 1.38. The van der Waals surface area contributed by atoms with Crippen molar-refractivity contribution >= 4 is 27.4 Å². The Hall–Kier alpha value is -6.14. The van der Waals surface area contributed by atoms with Gasteiger partial charge in [0.25, 0.3) is 11.1 Å². The van der Waals surface area contributed by atoms with Crippen molar-refractivity contribution < 1.29 is 0 Å². The summed E-state index contributed by atoms with van der Waals surface area (Å²) < 4.78 is 3.39. The number of nitrogens with zero attached hydrogens (tertiary/aromatic N) is 4. The second kappa shape index (κ2) is 11.4. The minimum atomic E-state index is -0.0972. The van der Waals surface area contributed by atoms with Crippen molar-refractivity contribution in [1.82, 2.24) is 19.1 Å². The molecule has 6 nitrogen and oxygen atoms in total. The zero-order valence-corrected chi connectivity index (χ0v) is 24.8. The first kappa shape index (κ1) is 27.4. The fourth-order valence-corrected chi connectivity index (χ4v) is 6.20. The molecular weight excluding hydrogens is 568 g/mol. The largest absolute Gasteiger partial charge is 0.268 e. The molecule has 0 spiro atoms. The molecule has 0 bridgehead atoms. The number of rotatable bonds is 5. The van der Waals surface area contributed by atoms with Gasteiger partial charge in [0.1, 0.15) is 11.6 Å². The number of aromatic nitrogens is 4. The maximum Gasteiger partial charge on any atom is 0.266 e. The molecule has 0 aliphatic heterocycles. The summed E-state index contributed by atoms with van der Waals surface area (Å²) in [4.78, 5) is 37.2. The van der Waals surface area contributed by atoms with Gasteiger partial charge >= 0.3 is 0 Å². The van der Waals surface area contributed by atoms with Crippen molar-refractivity contribution in [3.8, 4) is 22.8 Å². The molecule has 1 aliphatic rings. The number of fused-ring (bicyclic) bond motifs is 2. The van der Waals surface area contributed by atoms with Gasteiger partial charge in [0.2, 0.25) is 0 Å². The van der Waals surface area contributed by atoms with Gasteiger partial charge in [-0.05, 0) is 60.5 Å². The average molecular weight is 597 g/mol. The quantitative estimate of drug-likeness (QED) is 0.203. The van der Waals surface area contributed by atoms with Gasteiger partial charge in [-0.3, -0.25) is 18.7 Å². The highest BCUT2D eigenvalue weighted by Crippen LogP contribution is 2.32. The highest BCUT2D eigenvalue weighted by Gasteiger charge is 2.20. The van der Waals surface area contributed by atoms with Crippen LogP contribution in [0, 0.1) is 0 Å². The summed E-state index contributed by atoms with van der Waals surface area (Å²) >= 11 is 0. The third kappa shape index (κ3) is 4.77. The van der Waals surface area contributed by atoms with Crippen LogP contribution in [0.25, 0.3) is 50.1 Å². The number of benzene rings is 5. The Morgan fingerprint density at radius 1 is 0.543 bits per heavy atom. The molecule has 1 unspecified atom stereocenters. The predicted octanol–water partition coefficient (Wildman–Crippen LogP) is 7.88. The van der Waals surface area contributed by atoms with E-state index < -0.39 is 0 Å². The molecule has 0 saturated carbocycles. The van der Waals surface area contributed by atoms with E-state index in [0.29, 0.717) is 33.5 Å². The summed E-state index contributed by atoms with van der Waals surface area (Å²) in [6.07, 6.45) is 7.16. The van der Waals surface area contributed by atoms with Crippen LogP contribution in [0.3, 0.4) is 0 Å². The van der Waals surface area contributed by atoms with Gasteiger partial charge in [-0.2, -0.15) is 0 Å². The number of hydrogen-bond acceptors (Lipinski definition) is 4. The third-order valence-electron chi connectivity index (χ3n) is 8.54. The van der Waals surface area contributed by atoms with Crippen LogP contribution in [0.1, 0.15) is 23.7 Å². The summed E-state index contributed by atoms with van der Waals surface area (Å²) in [6.45, 7) is 0. The Labute approximate surface area is 264 Å². The van der Waals surface area contributed by atoms with Crippen LogP contribution in [0.15, 0.2) is 161 Å². The molecule has 0 fully saturated rings. The molecule has 5 aromatic carbocycles. The van der Waals surface area contributed by atoms with Crippen LogP contribution in [0.2, 0.25) is 0 Å². The molecule has 0 N–H and O–H groups in total. The molecule has 8 rings (SSSR count). The van der Waals surface area contributed by atoms with E-state index in [-0.39, 0.29) is 17.0 Å². The molecule has 2 aromatic heterocycles. The summed E-state index contributed by atoms with van der Waals surface area (Å²) in [5.41, 5.74) is 5.64. The second-order valence-electron chi connectivity index (χ2n) is 11.3. The first-order valence-electron chi connectivity index (χ1n) is 15.3. The summed E-state index contributed by atoms with van der Waals surface area (Å²) in [6, 6.07) is 42.5. The van der Waals surface area contributed by atoms with E-state index in [9.17, 15) is 9.59 Å². The maximum absolute atomic E-state index is 13.7. The van der Waals surface area contributed by atoms with Crippen molar-refractivity contribution in [3.05, 3.63) is 184 Å². The minimum Gasteiger partial charge on any atom is -0.268 e. The fourth-order valence-electron chi connectivity index (χ4n) is 6.20. The van der Waals surface area contributed by atoms with Crippen LogP contribution in [-0.2, 0) is 0 Å². The van der Waals surface area contributed by atoms with Crippen molar-refractivity contribution in [1.29, 1.82) is 0 Å². The van der Waals surface area contributed by atoms with E-state index in [0.717, 1.165) is 34.5 Å². The highest BCUT2D eigenvalue weighted by atomic mass is 16.1. The molecule has 2 heterocycles. The number of allylic oxidation sites excluding steroid dienone is 4. The highest BCUT2D eigenvalue weighted by molar-refractivity contribution is 5.82. The molecule has 7 aromatic rings. The lowest BCUT2D eigenvalue weighted by molar-refractivity contribution is 0.849. The minimum absolute atomic E-state index is 0.0879. The van der Waals surface area contributed by atoms with E-state index in [4.69, 9.17) is 9.97 Å². The van der Waals surface area contributed by atoms with Gasteiger partial charge in [0.15, 0.2) is 0 Å². The van der Waals surface area contributed by atoms with Crippen LogP contribution < -0.4 is 11.1 Å². The molecule has 1 aliphatic carbocycles. The smallest absolute Gasteiger partial charge is 0.266 e. The van der Waals surface area contributed by atoms with Gasteiger partial charge in [-0.1, -0.05) is 103 Å². The van der Waals surface area contributed by atoms with Crippen LogP contribution in [-0.4, -0.2) is 19.1 Å². The lowest BCUT2D eigenvalue weighted by Gasteiger charge is -2.20. The van der Waals surface area contributed by atoms with Gasteiger partial charge in [0, 0.05) is 17.1 Å². The molecule has 0 saturated heterocycles. The van der Waals surface area contributed by atoms with Crippen LogP contribution in [0.4, 0.5) is 0 Å². The Bertz CT molecular complexity index is 2420. The SMILES string of the molecule is O=c1c2ccccc2nc(C2=CCC(c3ccc(-c4nc5ccccc5c(=O)n4-c4ccccc4)cc3)C=C2)n1-c1ccccc1. The maximum atomic E-state index is 13.7. The second-order valence-corrected chi connectivity index (χ2v) is 11.3. The average Bonchev–Trinajstić information content (AvgIpc) is 3.12. The fraction of sp³-hybridized carbons (Fsp3) is 0.0500. The lowest BCUT2D eigenvalue weighted by Crippen LogP contribution is -2.23.